The Hall–Kier alpha value is -4.67. The molecule has 0 bridgehead atoms. The van der Waals surface area contributed by atoms with Gasteiger partial charge in [0.05, 0.1) is 0 Å². The summed E-state index contributed by atoms with van der Waals surface area (Å²) in [4.78, 5) is 9.93. The van der Waals surface area contributed by atoms with Gasteiger partial charge in [-0.3, -0.25) is 0 Å². The van der Waals surface area contributed by atoms with E-state index in [-0.39, 0.29) is 21.1 Å². The van der Waals surface area contributed by atoms with Crippen LogP contribution in [0.4, 0.5) is 0 Å². The van der Waals surface area contributed by atoms with Crippen molar-refractivity contribution in [2.75, 3.05) is 0 Å². The van der Waals surface area contributed by atoms with E-state index in [0.29, 0.717) is 0 Å². The fourth-order valence-electron chi connectivity index (χ4n) is 5.86. The SMILES string of the molecule is [Pt+4].c1ccc2c(c1)[n-]c1c(-n3cc4ccc5cn(-c6cccc7c6[n-]c6ccccc67)[cH-]n-5n-4[cH-]3)cccc12. The van der Waals surface area contributed by atoms with Crippen LogP contribution in [0.5, 0.6) is 0 Å². The Morgan fingerprint density at radius 3 is 1.38 bits per heavy atom. The van der Waals surface area contributed by atoms with E-state index in [4.69, 9.17) is 9.97 Å². The minimum atomic E-state index is 0. The number of aromatic nitrogens is 6. The van der Waals surface area contributed by atoms with Gasteiger partial charge in [0.1, 0.15) is 0 Å². The third kappa shape index (κ3) is 3.12. The van der Waals surface area contributed by atoms with E-state index in [2.05, 4.69) is 128 Å². The molecule has 2 aromatic heterocycles. The van der Waals surface area contributed by atoms with Crippen LogP contribution >= 0.6 is 0 Å². The average Bonchev–Trinajstić information content (AvgIpc) is 3.73. The molecule has 0 saturated carbocycles. The molecule has 0 spiro atoms. The van der Waals surface area contributed by atoms with Crippen LogP contribution in [0.25, 0.3) is 66.4 Å². The zero-order chi connectivity index (χ0) is 24.8. The zero-order valence-corrected chi connectivity index (χ0v) is 22.8. The largest absolute Gasteiger partial charge is 4.00 e. The minimum Gasteiger partial charge on any atom is -0.663 e. The van der Waals surface area contributed by atoms with Crippen LogP contribution in [0.2, 0.25) is 0 Å². The van der Waals surface area contributed by atoms with Crippen molar-refractivity contribution in [3.05, 3.63) is 122 Å². The fraction of sp³-hybridized carbons (Fsp3) is 0. The van der Waals surface area contributed by atoms with Gasteiger partial charge in [-0.15, -0.1) is 22.1 Å². The van der Waals surface area contributed by atoms with Crippen LogP contribution in [0, 0.1) is 0 Å². The first-order chi connectivity index (χ1) is 18.8. The molecule has 7 heteroatoms. The third-order valence-corrected chi connectivity index (χ3v) is 7.64. The first-order valence-corrected chi connectivity index (χ1v) is 12.7. The summed E-state index contributed by atoms with van der Waals surface area (Å²) < 4.78 is 8.67. The first kappa shape index (κ1) is 22.3. The summed E-state index contributed by atoms with van der Waals surface area (Å²) in [7, 11) is 0. The second-order valence-corrected chi connectivity index (χ2v) is 9.78. The maximum atomic E-state index is 4.97. The molecule has 0 aliphatic carbocycles. The molecule has 9 rings (SSSR count). The number of fused-ring (bicyclic) bond motifs is 9. The molecule has 0 unspecified atom stereocenters. The normalized spacial score (nSPS) is 11.9. The van der Waals surface area contributed by atoms with Crippen LogP contribution in [0.3, 0.4) is 0 Å². The summed E-state index contributed by atoms with van der Waals surface area (Å²) in [5.41, 5.74) is 8.37. The van der Waals surface area contributed by atoms with Gasteiger partial charge in [0.15, 0.2) is 0 Å². The maximum Gasteiger partial charge on any atom is 4.00 e. The van der Waals surface area contributed by atoms with Gasteiger partial charge in [-0.1, -0.05) is 109 Å². The maximum absolute atomic E-state index is 4.97. The Balaban J connectivity index is 0.00000235. The first-order valence-electron chi connectivity index (χ1n) is 12.7. The van der Waals surface area contributed by atoms with Crippen LogP contribution in [0.1, 0.15) is 0 Å². The molecule has 3 aliphatic heterocycles. The van der Waals surface area contributed by atoms with Crippen LogP contribution in [-0.4, -0.2) is 18.5 Å². The van der Waals surface area contributed by atoms with Gasteiger partial charge in [0, 0.05) is 12.7 Å². The van der Waals surface area contributed by atoms with Crippen LogP contribution < -0.4 is 9.97 Å². The van der Waals surface area contributed by atoms with Crippen LogP contribution in [-0.2, 0) is 21.1 Å². The van der Waals surface area contributed by atoms with Gasteiger partial charge in [0.2, 0.25) is 0 Å². The monoisotopic (exact) mass is 683 g/mol. The van der Waals surface area contributed by atoms with Crippen molar-refractivity contribution in [1.82, 2.24) is 28.5 Å². The van der Waals surface area contributed by atoms with Crippen molar-refractivity contribution in [1.29, 1.82) is 0 Å². The fourth-order valence-corrected chi connectivity index (χ4v) is 5.86. The number of rotatable bonds is 2. The number of hydrogen-bond acceptors (Lipinski definition) is 0. The van der Waals surface area contributed by atoms with Gasteiger partial charge >= 0.3 is 21.1 Å². The van der Waals surface area contributed by atoms with Crippen LogP contribution in [0.15, 0.2) is 122 Å². The Kier molecular flexibility index (Phi) is 4.67. The molecule has 3 aliphatic rings. The molecule has 0 fully saturated rings. The van der Waals surface area contributed by atoms with Crippen molar-refractivity contribution in [3.8, 4) is 22.7 Å². The summed E-state index contributed by atoms with van der Waals surface area (Å²) in [6, 6.07) is 33.8. The summed E-state index contributed by atoms with van der Waals surface area (Å²) >= 11 is 0. The number of benzene rings is 4. The summed E-state index contributed by atoms with van der Waals surface area (Å²) in [6.45, 7) is 0. The van der Waals surface area contributed by atoms with Crippen molar-refractivity contribution in [2.24, 2.45) is 0 Å². The molecule has 0 saturated heterocycles. The van der Waals surface area contributed by atoms with Gasteiger partial charge < -0.3 is 28.5 Å². The van der Waals surface area contributed by atoms with Crippen molar-refractivity contribution in [2.45, 2.75) is 0 Å². The average molecular weight is 684 g/mol. The molecular formula is C32H20N6Pt. The summed E-state index contributed by atoms with van der Waals surface area (Å²) in [5, 5.41) is 4.72. The van der Waals surface area contributed by atoms with Gasteiger partial charge in [-0.05, 0) is 44.3 Å². The summed E-state index contributed by atoms with van der Waals surface area (Å²) in [5.74, 6) is 0. The van der Waals surface area contributed by atoms with Gasteiger partial charge in [-0.2, -0.15) is 0 Å². The molecule has 0 amide bonds. The van der Waals surface area contributed by atoms with Crippen molar-refractivity contribution in [3.63, 3.8) is 0 Å². The molecule has 0 atom stereocenters. The van der Waals surface area contributed by atoms with E-state index in [1.807, 2.05) is 12.1 Å². The Morgan fingerprint density at radius 2 is 0.897 bits per heavy atom. The van der Waals surface area contributed by atoms with E-state index in [1.54, 1.807) is 0 Å². The Labute approximate surface area is 237 Å². The van der Waals surface area contributed by atoms with Gasteiger partial charge in [0.25, 0.3) is 0 Å². The number of para-hydroxylation sites is 4. The number of nitrogens with zero attached hydrogens (tertiary/aromatic N) is 6. The Morgan fingerprint density at radius 1 is 0.462 bits per heavy atom. The molecule has 6 nitrogen and oxygen atoms in total. The minimum absolute atomic E-state index is 0. The van der Waals surface area contributed by atoms with E-state index < -0.39 is 0 Å². The predicted octanol–water partition coefficient (Wildman–Crippen LogP) is 6.81. The van der Waals surface area contributed by atoms with Crippen molar-refractivity contribution < 1.29 is 21.1 Å². The topological polar surface area (TPSA) is 47.9 Å². The molecule has 0 N–H and O–H groups in total. The second kappa shape index (κ2) is 8.16. The quantitative estimate of drug-likeness (QED) is 0.188. The molecule has 188 valence electrons. The molecule has 5 heterocycles. The third-order valence-electron chi connectivity index (χ3n) is 7.64. The Bertz CT molecular complexity index is 2100. The molecule has 4 aromatic carbocycles. The van der Waals surface area contributed by atoms with Gasteiger partial charge in [-0.25, -0.2) is 0 Å². The number of hydrogen-bond donors (Lipinski definition) is 0. The molecule has 0 radical (unpaired) electrons. The standard InChI is InChI=1S/C32H20N6.Pt/c1-3-11-27-23(7-1)25-9-5-13-29(31(25)33-27)35-17-21-15-16-22-18-36(20-38(22)37(21)19-35)30-14-6-10-26-24-8-2-4-12-28(24)34-32(26)30;/h1-20H;/q-4;+4. The predicted molar refractivity (Wildman–Crippen MR) is 152 cm³/mol. The van der Waals surface area contributed by atoms with E-state index >= 15 is 0 Å². The van der Waals surface area contributed by atoms with E-state index in [9.17, 15) is 0 Å². The van der Waals surface area contributed by atoms with E-state index in [1.165, 1.54) is 21.5 Å². The van der Waals surface area contributed by atoms with Crippen molar-refractivity contribution >= 4 is 43.6 Å². The number of imidazole rings is 2. The summed E-state index contributed by atoms with van der Waals surface area (Å²) in [6.07, 6.45) is 8.56. The van der Waals surface area contributed by atoms with E-state index in [0.717, 1.165) is 44.8 Å². The zero-order valence-electron chi connectivity index (χ0n) is 20.5. The second-order valence-electron chi connectivity index (χ2n) is 9.78. The molecular weight excluding hydrogens is 663 g/mol. The molecule has 39 heavy (non-hydrogen) atoms. The smallest absolute Gasteiger partial charge is 0.663 e. The molecule has 6 aromatic rings.